The number of aromatic amines is 1. The van der Waals surface area contributed by atoms with Gasteiger partial charge in [-0.2, -0.15) is 15.5 Å². The van der Waals surface area contributed by atoms with Gasteiger partial charge >= 0.3 is 0 Å². The summed E-state index contributed by atoms with van der Waals surface area (Å²) in [6.07, 6.45) is 7.50. The Bertz CT molecular complexity index is 1390. The van der Waals surface area contributed by atoms with E-state index in [2.05, 4.69) is 32.4 Å². The van der Waals surface area contributed by atoms with Crippen LogP contribution in [0.15, 0.2) is 66.2 Å². The number of carbonyl (C=O) groups is 1. The Morgan fingerprint density at radius 1 is 1.19 bits per heavy atom. The Kier molecular flexibility index (Phi) is 4.96. The van der Waals surface area contributed by atoms with E-state index in [0.29, 0.717) is 24.4 Å². The summed E-state index contributed by atoms with van der Waals surface area (Å²) >= 11 is 0. The quantitative estimate of drug-likeness (QED) is 0.515. The van der Waals surface area contributed by atoms with E-state index in [4.69, 9.17) is 5.26 Å². The fourth-order valence-electron chi connectivity index (χ4n) is 4.08. The number of aromatic nitrogens is 4. The maximum atomic E-state index is 13.0. The van der Waals surface area contributed by atoms with E-state index in [0.717, 1.165) is 38.9 Å². The van der Waals surface area contributed by atoms with Gasteiger partial charge in [0.25, 0.3) is 0 Å². The summed E-state index contributed by atoms with van der Waals surface area (Å²) in [7, 11) is 0. The van der Waals surface area contributed by atoms with Crippen molar-refractivity contribution < 1.29 is 4.79 Å². The van der Waals surface area contributed by atoms with Gasteiger partial charge in [-0.05, 0) is 59.0 Å². The molecule has 7 nitrogen and oxygen atoms in total. The third-order valence-electron chi connectivity index (χ3n) is 5.64. The van der Waals surface area contributed by atoms with Gasteiger partial charge in [0.1, 0.15) is 5.71 Å². The number of aliphatic imine (C=N–C) groups is 1. The van der Waals surface area contributed by atoms with Crippen LogP contribution in [-0.2, 0) is 24.3 Å². The summed E-state index contributed by atoms with van der Waals surface area (Å²) in [6, 6.07) is 13.7. The predicted octanol–water partition coefficient (Wildman–Crippen LogP) is 3.62. The van der Waals surface area contributed by atoms with Gasteiger partial charge < -0.3 is 0 Å². The van der Waals surface area contributed by atoms with E-state index in [1.54, 1.807) is 23.1 Å². The van der Waals surface area contributed by atoms with E-state index in [1.165, 1.54) is 0 Å². The largest absolute Gasteiger partial charge is 0.292 e. The van der Waals surface area contributed by atoms with Gasteiger partial charge in [0.2, 0.25) is 0 Å². The lowest BCUT2D eigenvalue weighted by atomic mass is 9.93. The minimum atomic E-state index is -0.00904. The number of rotatable bonds is 6. The highest BCUT2D eigenvalue weighted by molar-refractivity contribution is 6.47. The van der Waals surface area contributed by atoms with Crippen molar-refractivity contribution in [2.45, 2.75) is 26.4 Å². The molecule has 7 heteroatoms. The first-order chi connectivity index (χ1) is 15.6. The molecule has 0 unspecified atom stereocenters. The van der Waals surface area contributed by atoms with Gasteiger partial charge in [-0.25, -0.2) is 0 Å². The lowest BCUT2D eigenvalue weighted by molar-refractivity contribution is -0.112. The molecule has 32 heavy (non-hydrogen) atoms. The molecule has 1 aliphatic rings. The van der Waals surface area contributed by atoms with Gasteiger partial charge in [0.15, 0.2) is 5.78 Å². The number of fused-ring (bicyclic) bond motifs is 1. The Hall–Kier alpha value is -4.31. The predicted molar refractivity (Wildman–Crippen MR) is 120 cm³/mol. The van der Waals surface area contributed by atoms with Crippen LogP contribution in [0.1, 0.15) is 33.4 Å². The minimum absolute atomic E-state index is 0.00904. The number of Topliss-reactive ketones (excluding diaryl/α,β-unsaturated/α-hetero) is 1. The van der Waals surface area contributed by atoms with Crippen molar-refractivity contribution in [1.29, 1.82) is 5.26 Å². The molecule has 0 bridgehead atoms. The molecule has 1 N–H and O–H groups in total. The van der Waals surface area contributed by atoms with Crippen LogP contribution < -0.4 is 0 Å². The maximum absolute atomic E-state index is 13.0. The Balaban J connectivity index is 1.31. The molecule has 3 heterocycles. The molecule has 2 aromatic heterocycles. The first-order valence-corrected chi connectivity index (χ1v) is 10.3. The molecular weight excluding hydrogens is 400 g/mol. The second kappa shape index (κ2) is 8.08. The van der Waals surface area contributed by atoms with E-state index >= 15 is 0 Å². The lowest BCUT2D eigenvalue weighted by Gasteiger charge is -2.09. The summed E-state index contributed by atoms with van der Waals surface area (Å²) in [5.74, 6) is -0.00904. The van der Waals surface area contributed by atoms with Gasteiger partial charge in [0.05, 0.1) is 37.1 Å². The molecule has 156 valence electrons. The number of aryl methyl sites for hydroxylation is 1. The number of carbonyl (C=O) groups excluding carboxylic acids is 1. The zero-order valence-electron chi connectivity index (χ0n) is 17.5. The number of nitrogens with one attached hydrogen (secondary N) is 1. The lowest BCUT2D eigenvalue weighted by Crippen LogP contribution is -2.16. The van der Waals surface area contributed by atoms with E-state index in [9.17, 15) is 4.79 Å². The van der Waals surface area contributed by atoms with E-state index in [-0.39, 0.29) is 12.2 Å². The zero-order chi connectivity index (χ0) is 22.1. The molecule has 0 radical (unpaired) electrons. The van der Waals surface area contributed by atoms with Crippen LogP contribution in [0.3, 0.4) is 0 Å². The SMILES string of the molecule is Cc1cc2c(cc1-c1cn[nH]c1)CN=C2C(=O)Cc1cnn(Cc2cccc(C#N)c2)c1. The third kappa shape index (κ3) is 3.74. The summed E-state index contributed by atoms with van der Waals surface area (Å²) < 4.78 is 1.78. The van der Waals surface area contributed by atoms with Crippen molar-refractivity contribution >= 4 is 11.5 Å². The molecule has 4 aromatic rings. The Labute approximate surface area is 185 Å². The summed E-state index contributed by atoms with van der Waals surface area (Å²) in [4.78, 5) is 17.6. The number of nitriles is 1. The fraction of sp³-hybridized carbons (Fsp3) is 0.160. The summed E-state index contributed by atoms with van der Waals surface area (Å²) in [5.41, 5.74) is 8.17. The molecule has 0 saturated heterocycles. The first-order valence-electron chi connectivity index (χ1n) is 10.3. The van der Waals surface area contributed by atoms with E-state index in [1.807, 2.05) is 43.6 Å². The van der Waals surface area contributed by atoms with Crippen molar-refractivity contribution in [3.8, 4) is 17.2 Å². The normalized spacial score (nSPS) is 12.3. The second-order valence-electron chi connectivity index (χ2n) is 7.93. The van der Waals surface area contributed by atoms with Crippen molar-refractivity contribution in [1.82, 2.24) is 20.0 Å². The molecule has 0 atom stereocenters. The standard InChI is InChI=1S/C25H20N6O/c1-16-5-23-20(8-22(16)21-12-28-29-13-21)11-27-25(23)24(32)7-19-10-30-31(15-19)14-18-4-2-3-17(6-18)9-26/h2-6,8,10,12-13,15H,7,11,14H2,1H3,(H,28,29). The van der Waals surface area contributed by atoms with Crippen molar-refractivity contribution in [2.75, 3.05) is 0 Å². The molecule has 5 rings (SSSR count). The molecule has 0 spiro atoms. The van der Waals surface area contributed by atoms with Crippen LogP contribution in [-0.4, -0.2) is 31.5 Å². The first kappa shape index (κ1) is 19.6. The number of nitrogens with zero attached hydrogens (tertiary/aromatic N) is 5. The minimum Gasteiger partial charge on any atom is -0.292 e. The van der Waals surface area contributed by atoms with Crippen molar-refractivity contribution in [2.24, 2.45) is 4.99 Å². The number of hydrogen-bond acceptors (Lipinski definition) is 5. The fourth-order valence-corrected chi connectivity index (χ4v) is 4.08. The number of benzene rings is 2. The molecule has 1 aliphatic heterocycles. The number of ketones is 1. The molecule has 0 aliphatic carbocycles. The van der Waals surface area contributed by atoms with Crippen LogP contribution in [0.4, 0.5) is 0 Å². The van der Waals surface area contributed by atoms with E-state index < -0.39 is 0 Å². The summed E-state index contributed by atoms with van der Waals surface area (Å²) in [5, 5.41) is 20.3. The Morgan fingerprint density at radius 3 is 2.91 bits per heavy atom. The maximum Gasteiger partial charge on any atom is 0.185 e. The zero-order valence-corrected chi connectivity index (χ0v) is 17.5. The van der Waals surface area contributed by atoms with Crippen LogP contribution in [0, 0.1) is 18.3 Å². The van der Waals surface area contributed by atoms with Crippen molar-refractivity contribution in [3.63, 3.8) is 0 Å². The highest BCUT2D eigenvalue weighted by Crippen LogP contribution is 2.30. The number of H-pyrrole nitrogens is 1. The van der Waals surface area contributed by atoms with Crippen LogP contribution in [0.5, 0.6) is 0 Å². The van der Waals surface area contributed by atoms with Gasteiger partial charge in [0, 0.05) is 29.9 Å². The molecule has 0 amide bonds. The second-order valence-corrected chi connectivity index (χ2v) is 7.93. The van der Waals surface area contributed by atoms with Crippen molar-refractivity contribution in [3.05, 3.63) is 94.6 Å². The smallest absolute Gasteiger partial charge is 0.185 e. The average Bonchev–Trinajstić information content (AvgIpc) is 3.54. The van der Waals surface area contributed by atoms with Crippen LogP contribution >= 0.6 is 0 Å². The van der Waals surface area contributed by atoms with Gasteiger partial charge in [-0.15, -0.1) is 0 Å². The summed E-state index contributed by atoms with van der Waals surface area (Å²) in [6.45, 7) is 3.09. The third-order valence-corrected chi connectivity index (χ3v) is 5.64. The molecule has 0 saturated carbocycles. The van der Waals surface area contributed by atoms with Gasteiger partial charge in [-0.1, -0.05) is 12.1 Å². The molecular formula is C25H20N6O. The highest BCUT2D eigenvalue weighted by Gasteiger charge is 2.24. The molecule has 2 aromatic carbocycles. The molecule has 0 fully saturated rings. The van der Waals surface area contributed by atoms with Gasteiger partial charge in [-0.3, -0.25) is 19.6 Å². The van der Waals surface area contributed by atoms with Crippen LogP contribution in [0.25, 0.3) is 11.1 Å². The topological polar surface area (TPSA) is 99.7 Å². The van der Waals surface area contributed by atoms with Crippen LogP contribution in [0.2, 0.25) is 0 Å². The number of hydrogen-bond donors (Lipinski definition) is 1. The average molecular weight is 420 g/mol. The Morgan fingerprint density at radius 2 is 2.09 bits per heavy atom. The highest BCUT2D eigenvalue weighted by atomic mass is 16.1. The monoisotopic (exact) mass is 420 g/mol.